The predicted molar refractivity (Wildman–Crippen MR) is 73.2 cm³/mol. The van der Waals surface area contributed by atoms with Crippen molar-refractivity contribution >= 4 is 5.69 Å². The van der Waals surface area contributed by atoms with Gasteiger partial charge in [0.2, 0.25) is 0 Å². The highest BCUT2D eigenvalue weighted by Gasteiger charge is 2.12. The molecule has 0 atom stereocenters. The molecule has 0 heterocycles. The monoisotopic (exact) mass is 279 g/mol. The first-order chi connectivity index (χ1) is 9.67. The van der Waals surface area contributed by atoms with Crippen molar-refractivity contribution in [2.24, 2.45) is 0 Å². The zero-order valence-corrected chi connectivity index (χ0v) is 11.2. The summed E-state index contributed by atoms with van der Waals surface area (Å²) in [5.74, 6) is -0.154. The molecule has 0 aliphatic rings. The lowest BCUT2D eigenvalue weighted by atomic mass is 10.1. The van der Waals surface area contributed by atoms with Crippen molar-refractivity contribution in [3.8, 4) is 11.5 Å². The summed E-state index contributed by atoms with van der Waals surface area (Å²) in [5.41, 5.74) is 0.590. The topological polar surface area (TPSA) is 30.5 Å². The Hall–Kier alpha value is -2.30. The second-order valence-electron chi connectivity index (χ2n) is 4.10. The summed E-state index contributed by atoms with van der Waals surface area (Å²) >= 11 is 0. The van der Waals surface area contributed by atoms with E-state index in [0.29, 0.717) is 11.5 Å². The quantitative estimate of drug-likeness (QED) is 0.907. The number of hydrogen-bond acceptors (Lipinski definition) is 3. The van der Waals surface area contributed by atoms with Gasteiger partial charge in [0.1, 0.15) is 17.3 Å². The highest BCUT2D eigenvalue weighted by molar-refractivity contribution is 5.51. The fourth-order valence-corrected chi connectivity index (χ4v) is 1.94. The van der Waals surface area contributed by atoms with Crippen molar-refractivity contribution < 1.29 is 18.3 Å². The molecule has 1 N–H and O–H groups in total. The second kappa shape index (κ2) is 6.23. The van der Waals surface area contributed by atoms with E-state index in [-0.39, 0.29) is 12.2 Å². The first-order valence-corrected chi connectivity index (χ1v) is 6.05. The molecule has 0 bridgehead atoms. The van der Waals surface area contributed by atoms with Gasteiger partial charge in [-0.05, 0) is 18.2 Å². The van der Waals surface area contributed by atoms with Crippen LogP contribution < -0.4 is 14.8 Å². The summed E-state index contributed by atoms with van der Waals surface area (Å²) in [6.45, 7) is 0.220. The third-order valence-corrected chi connectivity index (χ3v) is 2.90. The molecule has 0 saturated carbocycles. The Labute approximate surface area is 116 Å². The highest BCUT2D eigenvalue weighted by Crippen LogP contribution is 2.31. The number of halogens is 2. The van der Waals surface area contributed by atoms with Crippen LogP contribution in [0.2, 0.25) is 0 Å². The van der Waals surface area contributed by atoms with E-state index >= 15 is 0 Å². The number of nitrogens with one attached hydrogen (secondary N) is 1. The summed E-state index contributed by atoms with van der Waals surface area (Å²) in [7, 11) is 3.05. The van der Waals surface area contributed by atoms with Crippen LogP contribution in [0.15, 0.2) is 36.4 Å². The number of ether oxygens (including phenoxy) is 2. The van der Waals surface area contributed by atoms with E-state index < -0.39 is 11.6 Å². The van der Waals surface area contributed by atoms with Crippen molar-refractivity contribution in [2.75, 3.05) is 19.5 Å². The van der Waals surface area contributed by atoms with E-state index in [1.54, 1.807) is 18.2 Å². The van der Waals surface area contributed by atoms with Crippen molar-refractivity contribution in [2.45, 2.75) is 6.54 Å². The maximum atomic E-state index is 13.5. The van der Waals surface area contributed by atoms with Gasteiger partial charge < -0.3 is 14.8 Å². The minimum Gasteiger partial charge on any atom is -0.493 e. The molecule has 2 aromatic rings. The third kappa shape index (κ3) is 2.82. The van der Waals surface area contributed by atoms with Gasteiger partial charge in [0.25, 0.3) is 0 Å². The Morgan fingerprint density at radius 2 is 1.60 bits per heavy atom. The van der Waals surface area contributed by atoms with Crippen LogP contribution in [0.25, 0.3) is 0 Å². The molecule has 0 aromatic heterocycles. The fourth-order valence-electron chi connectivity index (χ4n) is 1.94. The molecule has 106 valence electrons. The van der Waals surface area contributed by atoms with E-state index in [1.807, 2.05) is 0 Å². The molecule has 0 radical (unpaired) electrons. The molecule has 5 heteroatoms. The van der Waals surface area contributed by atoms with Crippen LogP contribution in [0, 0.1) is 11.6 Å². The van der Waals surface area contributed by atoms with Gasteiger partial charge in [-0.25, -0.2) is 8.78 Å². The SMILES string of the molecule is COc1cccc(CNc2c(F)cccc2F)c1OC. The summed E-state index contributed by atoms with van der Waals surface area (Å²) in [6, 6.07) is 9.07. The smallest absolute Gasteiger partial charge is 0.165 e. The van der Waals surface area contributed by atoms with Crippen LogP contribution in [-0.4, -0.2) is 14.2 Å². The number of benzene rings is 2. The maximum Gasteiger partial charge on any atom is 0.165 e. The van der Waals surface area contributed by atoms with E-state index in [4.69, 9.17) is 9.47 Å². The predicted octanol–water partition coefficient (Wildman–Crippen LogP) is 3.59. The second-order valence-corrected chi connectivity index (χ2v) is 4.10. The molecule has 3 nitrogen and oxygen atoms in total. The average molecular weight is 279 g/mol. The normalized spacial score (nSPS) is 10.2. The van der Waals surface area contributed by atoms with Gasteiger partial charge in [0, 0.05) is 12.1 Å². The van der Waals surface area contributed by atoms with E-state index in [1.165, 1.54) is 32.4 Å². The van der Waals surface area contributed by atoms with E-state index in [0.717, 1.165) is 5.56 Å². The number of para-hydroxylation sites is 2. The van der Waals surface area contributed by atoms with Gasteiger partial charge >= 0.3 is 0 Å². The van der Waals surface area contributed by atoms with Gasteiger partial charge in [0.15, 0.2) is 11.5 Å². The Bertz CT molecular complexity index is 582. The van der Waals surface area contributed by atoms with Gasteiger partial charge in [-0.1, -0.05) is 18.2 Å². The van der Waals surface area contributed by atoms with Crippen molar-refractivity contribution in [3.05, 3.63) is 53.6 Å². The standard InChI is InChI=1S/C15H15F2NO2/c1-19-13-8-3-5-10(15(13)20-2)9-18-14-11(16)6-4-7-12(14)17/h3-8,18H,9H2,1-2H3. The number of hydrogen-bond donors (Lipinski definition) is 1. The van der Waals surface area contributed by atoms with Gasteiger partial charge in [-0.15, -0.1) is 0 Å². The largest absolute Gasteiger partial charge is 0.493 e. The molecular weight excluding hydrogens is 264 g/mol. The number of rotatable bonds is 5. The van der Waals surface area contributed by atoms with Gasteiger partial charge in [-0.2, -0.15) is 0 Å². The van der Waals surface area contributed by atoms with Gasteiger partial charge in [0.05, 0.1) is 14.2 Å². The summed E-state index contributed by atoms with van der Waals surface area (Å²) in [6.07, 6.45) is 0. The minimum atomic E-state index is -0.633. The fraction of sp³-hybridized carbons (Fsp3) is 0.200. The van der Waals surface area contributed by atoms with Crippen molar-refractivity contribution in [1.82, 2.24) is 0 Å². The molecule has 20 heavy (non-hydrogen) atoms. The zero-order chi connectivity index (χ0) is 14.5. The molecule has 0 aliphatic heterocycles. The molecule has 2 aromatic carbocycles. The lowest BCUT2D eigenvalue weighted by molar-refractivity contribution is 0.352. The number of anilines is 1. The van der Waals surface area contributed by atoms with E-state index in [2.05, 4.69) is 5.32 Å². The van der Waals surface area contributed by atoms with Gasteiger partial charge in [-0.3, -0.25) is 0 Å². The van der Waals surface area contributed by atoms with E-state index in [9.17, 15) is 8.78 Å². The Balaban J connectivity index is 2.23. The molecule has 0 unspecified atom stereocenters. The zero-order valence-electron chi connectivity index (χ0n) is 11.2. The minimum absolute atomic E-state index is 0.155. The maximum absolute atomic E-state index is 13.5. The highest BCUT2D eigenvalue weighted by atomic mass is 19.1. The van der Waals surface area contributed by atoms with Crippen molar-refractivity contribution in [3.63, 3.8) is 0 Å². The van der Waals surface area contributed by atoms with Crippen LogP contribution in [0.1, 0.15) is 5.56 Å². The molecular formula is C15H15F2NO2. The number of methoxy groups -OCH3 is 2. The summed E-state index contributed by atoms with van der Waals surface area (Å²) in [4.78, 5) is 0. The first kappa shape index (κ1) is 14.1. The Kier molecular flexibility index (Phi) is 4.40. The summed E-state index contributed by atoms with van der Waals surface area (Å²) < 4.78 is 37.5. The third-order valence-electron chi connectivity index (χ3n) is 2.90. The van der Waals surface area contributed by atoms with Crippen LogP contribution in [0.3, 0.4) is 0 Å². The van der Waals surface area contributed by atoms with Crippen LogP contribution in [-0.2, 0) is 6.54 Å². The molecule has 0 aliphatic carbocycles. The molecule has 0 spiro atoms. The van der Waals surface area contributed by atoms with Crippen molar-refractivity contribution in [1.29, 1.82) is 0 Å². The average Bonchev–Trinajstić information content (AvgIpc) is 2.46. The molecule has 0 saturated heterocycles. The molecule has 0 fully saturated rings. The molecule has 2 rings (SSSR count). The summed E-state index contributed by atoms with van der Waals surface area (Å²) in [5, 5.41) is 2.74. The first-order valence-electron chi connectivity index (χ1n) is 6.05. The van der Waals surface area contributed by atoms with Crippen LogP contribution >= 0.6 is 0 Å². The Morgan fingerprint density at radius 1 is 0.950 bits per heavy atom. The molecule has 0 amide bonds. The Morgan fingerprint density at radius 3 is 2.20 bits per heavy atom. The lowest BCUT2D eigenvalue weighted by Crippen LogP contribution is -2.05. The lowest BCUT2D eigenvalue weighted by Gasteiger charge is -2.14. The van der Waals surface area contributed by atoms with Crippen LogP contribution in [0.5, 0.6) is 11.5 Å². The van der Waals surface area contributed by atoms with Crippen LogP contribution in [0.4, 0.5) is 14.5 Å².